The SMILES string of the molecule is O=C(OF)c1csc(Cc2cc(O)ccc2OCc2ccccc2)n1. The molecule has 2 aromatic carbocycles. The summed E-state index contributed by atoms with van der Waals surface area (Å²) in [5.74, 6) is -0.424. The predicted molar refractivity (Wildman–Crippen MR) is 90.3 cm³/mol. The highest BCUT2D eigenvalue weighted by atomic mass is 32.1. The normalized spacial score (nSPS) is 10.4. The summed E-state index contributed by atoms with van der Waals surface area (Å²) in [5.41, 5.74) is 1.64. The maximum absolute atomic E-state index is 11.9. The van der Waals surface area contributed by atoms with Crippen LogP contribution in [0.1, 0.15) is 26.6 Å². The van der Waals surface area contributed by atoms with Crippen molar-refractivity contribution in [2.75, 3.05) is 0 Å². The van der Waals surface area contributed by atoms with Gasteiger partial charge in [-0.15, -0.1) is 11.3 Å². The molecule has 0 bridgehead atoms. The number of phenols is 1. The summed E-state index contributed by atoms with van der Waals surface area (Å²) in [6.45, 7) is 0.385. The molecule has 7 heteroatoms. The predicted octanol–water partition coefficient (Wildman–Crippen LogP) is 4.06. The van der Waals surface area contributed by atoms with E-state index in [-0.39, 0.29) is 11.4 Å². The number of carbonyl (C=O) groups is 1. The zero-order valence-corrected chi connectivity index (χ0v) is 13.8. The zero-order valence-electron chi connectivity index (χ0n) is 13.0. The van der Waals surface area contributed by atoms with Gasteiger partial charge in [0.1, 0.15) is 18.1 Å². The van der Waals surface area contributed by atoms with Crippen LogP contribution in [0.15, 0.2) is 53.9 Å². The number of ether oxygens (including phenoxy) is 1. The summed E-state index contributed by atoms with van der Waals surface area (Å²) in [5, 5.41) is 11.7. The fourth-order valence-corrected chi connectivity index (χ4v) is 3.05. The lowest BCUT2D eigenvalue weighted by Crippen LogP contribution is -2.01. The molecule has 0 amide bonds. The molecule has 25 heavy (non-hydrogen) atoms. The van der Waals surface area contributed by atoms with Gasteiger partial charge in [0, 0.05) is 21.9 Å². The number of hydrogen-bond acceptors (Lipinski definition) is 6. The molecule has 1 heterocycles. The van der Waals surface area contributed by atoms with Crippen LogP contribution in [0.5, 0.6) is 11.5 Å². The molecule has 3 aromatic rings. The number of phenolic OH excluding ortho intramolecular Hbond substituents is 1. The average Bonchev–Trinajstić information content (AvgIpc) is 3.10. The van der Waals surface area contributed by atoms with Crippen LogP contribution in [0, 0.1) is 0 Å². The van der Waals surface area contributed by atoms with Crippen molar-refractivity contribution in [1.82, 2.24) is 4.98 Å². The van der Waals surface area contributed by atoms with E-state index in [0.29, 0.717) is 29.3 Å². The Kier molecular flexibility index (Phi) is 5.25. The quantitative estimate of drug-likeness (QED) is 0.719. The largest absolute Gasteiger partial charge is 0.508 e. The maximum Gasteiger partial charge on any atom is 0.398 e. The number of aromatic nitrogens is 1. The van der Waals surface area contributed by atoms with Gasteiger partial charge in [-0.1, -0.05) is 30.3 Å². The van der Waals surface area contributed by atoms with Gasteiger partial charge in [-0.25, -0.2) is 14.7 Å². The maximum atomic E-state index is 11.9. The molecule has 0 fully saturated rings. The fraction of sp³-hybridized carbons (Fsp3) is 0.111. The minimum atomic E-state index is -1.13. The lowest BCUT2D eigenvalue weighted by Gasteiger charge is -2.11. The Morgan fingerprint density at radius 2 is 2.00 bits per heavy atom. The van der Waals surface area contributed by atoms with E-state index in [1.54, 1.807) is 12.1 Å². The Balaban J connectivity index is 1.77. The van der Waals surface area contributed by atoms with Crippen molar-refractivity contribution in [3.05, 3.63) is 75.7 Å². The number of benzene rings is 2. The van der Waals surface area contributed by atoms with Gasteiger partial charge in [0.05, 0.1) is 5.01 Å². The summed E-state index contributed by atoms with van der Waals surface area (Å²) >= 11 is 1.20. The van der Waals surface area contributed by atoms with Gasteiger partial charge >= 0.3 is 5.97 Å². The second-order valence-corrected chi connectivity index (χ2v) is 6.18. The number of rotatable bonds is 6. The third-order valence-corrected chi connectivity index (χ3v) is 4.30. The first kappa shape index (κ1) is 16.9. The van der Waals surface area contributed by atoms with Crippen LogP contribution < -0.4 is 4.74 Å². The Labute approximate surface area is 147 Å². The van der Waals surface area contributed by atoms with E-state index in [2.05, 4.69) is 9.93 Å². The van der Waals surface area contributed by atoms with Gasteiger partial charge in [-0.2, -0.15) is 0 Å². The van der Waals surface area contributed by atoms with Gasteiger partial charge in [0.15, 0.2) is 5.69 Å². The molecular weight excluding hydrogens is 345 g/mol. The summed E-state index contributed by atoms with van der Waals surface area (Å²) in [6, 6.07) is 14.5. The molecule has 1 N–H and O–H groups in total. The average molecular weight is 359 g/mol. The van der Waals surface area contributed by atoms with Crippen LogP contribution in [0.4, 0.5) is 4.53 Å². The Morgan fingerprint density at radius 3 is 2.76 bits per heavy atom. The van der Waals surface area contributed by atoms with Crippen molar-refractivity contribution in [3.8, 4) is 11.5 Å². The van der Waals surface area contributed by atoms with Gasteiger partial charge < -0.3 is 9.84 Å². The third-order valence-electron chi connectivity index (χ3n) is 3.45. The first-order chi connectivity index (χ1) is 12.2. The molecule has 128 valence electrons. The lowest BCUT2D eigenvalue weighted by molar-refractivity contribution is -0.0792. The van der Waals surface area contributed by atoms with Crippen molar-refractivity contribution >= 4 is 17.3 Å². The number of thiazole rings is 1. The third kappa shape index (κ3) is 4.33. The molecule has 0 unspecified atom stereocenters. The van der Waals surface area contributed by atoms with Crippen molar-refractivity contribution in [1.29, 1.82) is 0 Å². The van der Waals surface area contributed by atoms with E-state index in [1.165, 1.54) is 22.8 Å². The van der Waals surface area contributed by atoms with Crippen molar-refractivity contribution in [2.45, 2.75) is 13.0 Å². The lowest BCUT2D eigenvalue weighted by atomic mass is 10.1. The number of carbonyl (C=O) groups excluding carboxylic acids is 1. The number of nitrogens with zero attached hydrogens (tertiary/aromatic N) is 1. The Bertz CT molecular complexity index is 867. The minimum Gasteiger partial charge on any atom is -0.508 e. The van der Waals surface area contributed by atoms with Crippen LogP contribution in [0.2, 0.25) is 0 Å². The highest BCUT2D eigenvalue weighted by Crippen LogP contribution is 2.28. The van der Waals surface area contributed by atoms with Crippen LogP contribution in [-0.2, 0) is 18.0 Å². The standard InChI is InChI=1S/C18H14FNO4S/c19-24-18(22)15-11-25-17(20-15)9-13-8-14(21)6-7-16(13)23-10-12-4-2-1-3-5-12/h1-8,11,21H,9-10H2. The molecule has 0 radical (unpaired) electrons. The summed E-state index contributed by atoms with van der Waals surface area (Å²) in [7, 11) is 0. The fourth-order valence-electron chi connectivity index (χ4n) is 2.27. The van der Waals surface area contributed by atoms with Crippen LogP contribution in [0.3, 0.4) is 0 Å². The summed E-state index contributed by atoms with van der Waals surface area (Å²) in [6.07, 6.45) is 0.336. The zero-order chi connectivity index (χ0) is 17.6. The summed E-state index contributed by atoms with van der Waals surface area (Å²) < 4.78 is 17.8. The topological polar surface area (TPSA) is 68.7 Å². The highest BCUT2D eigenvalue weighted by molar-refractivity contribution is 7.09. The second-order valence-electron chi connectivity index (χ2n) is 5.23. The molecule has 0 saturated carbocycles. The second kappa shape index (κ2) is 7.76. The Morgan fingerprint density at radius 1 is 1.20 bits per heavy atom. The van der Waals surface area contributed by atoms with E-state index in [0.717, 1.165) is 5.56 Å². The van der Waals surface area contributed by atoms with Crippen LogP contribution in [-0.4, -0.2) is 16.1 Å². The van der Waals surface area contributed by atoms with E-state index < -0.39 is 5.97 Å². The first-order valence-corrected chi connectivity index (χ1v) is 8.29. The van der Waals surface area contributed by atoms with Gasteiger partial charge in [0.2, 0.25) is 0 Å². The minimum absolute atomic E-state index is 0.0885. The summed E-state index contributed by atoms with van der Waals surface area (Å²) in [4.78, 5) is 18.3. The number of aromatic hydroxyl groups is 1. The van der Waals surface area contributed by atoms with E-state index in [9.17, 15) is 14.4 Å². The molecule has 1 aromatic heterocycles. The Hall–Kier alpha value is -2.93. The van der Waals surface area contributed by atoms with Crippen molar-refractivity contribution < 1.29 is 24.1 Å². The van der Waals surface area contributed by atoms with E-state index >= 15 is 0 Å². The molecule has 0 saturated heterocycles. The molecule has 0 aliphatic rings. The highest BCUT2D eigenvalue weighted by Gasteiger charge is 2.15. The van der Waals surface area contributed by atoms with Crippen molar-refractivity contribution in [3.63, 3.8) is 0 Å². The van der Waals surface area contributed by atoms with Gasteiger partial charge in [0.25, 0.3) is 0 Å². The van der Waals surface area contributed by atoms with E-state index in [4.69, 9.17) is 4.74 Å². The molecule has 3 rings (SSSR count). The first-order valence-electron chi connectivity index (χ1n) is 7.41. The smallest absolute Gasteiger partial charge is 0.398 e. The number of halogens is 1. The molecule has 0 aliphatic heterocycles. The molecule has 0 aliphatic carbocycles. The molecule has 0 spiro atoms. The number of hydrogen-bond donors (Lipinski definition) is 1. The molecule has 5 nitrogen and oxygen atoms in total. The van der Waals surface area contributed by atoms with Gasteiger partial charge in [-0.05, 0) is 23.8 Å². The van der Waals surface area contributed by atoms with Crippen LogP contribution >= 0.6 is 11.3 Å². The molecular formula is C18H14FNO4S. The molecule has 0 atom stereocenters. The monoisotopic (exact) mass is 359 g/mol. The van der Waals surface area contributed by atoms with E-state index in [1.807, 2.05) is 30.3 Å². The van der Waals surface area contributed by atoms with Crippen LogP contribution in [0.25, 0.3) is 0 Å². The van der Waals surface area contributed by atoms with Gasteiger partial charge in [-0.3, -0.25) is 0 Å². The van der Waals surface area contributed by atoms with Crippen molar-refractivity contribution in [2.24, 2.45) is 0 Å².